The third-order valence-electron chi connectivity index (χ3n) is 0.955. The molecular formula is C9H18N2O3. The van der Waals surface area contributed by atoms with E-state index in [-0.39, 0.29) is 0 Å². The van der Waals surface area contributed by atoms with Gasteiger partial charge in [-0.15, -0.1) is 0 Å². The Morgan fingerprint density at radius 1 is 1.21 bits per heavy atom. The molecule has 0 spiro atoms. The van der Waals surface area contributed by atoms with Crippen molar-refractivity contribution in [3.05, 3.63) is 0 Å². The molecule has 0 saturated carbocycles. The van der Waals surface area contributed by atoms with Gasteiger partial charge >= 0.3 is 0 Å². The summed E-state index contributed by atoms with van der Waals surface area (Å²) in [4.78, 5) is 10.9. The van der Waals surface area contributed by atoms with E-state index in [4.69, 9.17) is 14.7 Å². The van der Waals surface area contributed by atoms with E-state index in [1.54, 1.807) is 20.2 Å². The van der Waals surface area contributed by atoms with Gasteiger partial charge in [0, 0.05) is 21.0 Å². The van der Waals surface area contributed by atoms with Gasteiger partial charge in [0.2, 0.25) is 6.41 Å². The summed E-state index contributed by atoms with van der Waals surface area (Å²) in [6.45, 7) is 4.54. The van der Waals surface area contributed by atoms with E-state index < -0.39 is 0 Å². The van der Waals surface area contributed by atoms with Crippen LogP contribution in [0, 0.1) is 11.3 Å². The van der Waals surface area contributed by atoms with Crippen LogP contribution in [-0.4, -0.2) is 51.8 Å². The van der Waals surface area contributed by atoms with Crippen molar-refractivity contribution in [3.63, 3.8) is 0 Å². The third kappa shape index (κ3) is 22.4. The van der Waals surface area contributed by atoms with Crippen molar-refractivity contribution < 1.29 is 14.3 Å². The summed E-state index contributed by atoms with van der Waals surface area (Å²) >= 11 is 0. The molecule has 0 unspecified atom stereocenters. The summed E-state index contributed by atoms with van der Waals surface area (Å²) in [6.07, 6.45) is 0.750. The number of nitrogens with zero attached hydrogens (tertiary/aromatic N) is 2. The fraction of sp³-hybridized carbons (Fsp3) is 0.778. The molecule has 1 rings (SSSR count). The van der Waals surface area contributed by atoms with Gasteiger partial charge in [0.1, 0.15) is 0 Å². The van der Waals surface area contributed by atoms with Gasteiger partial charge in [-0.2, -0.15) is 5.26 Å². The Kier molecular flexibility index (Phi) is 15.8. The smallest absolute Gasteiger partial charge is 0.209 e. The number of ether oxygens (including phenoxy) is 2. The number of hydrogen-bond donors (Lipinski definition) is 0. The standard InChI is InChI=1S/C4H8O2.C3H7NO.C2H3N/c1-2-6-4-3-5-1;1-4(2)3-5;1-2-3/h1-4H2;3H,1-2H3;1H3. The second kappa shape index (κ2) is 14.4. The normalized spacial score (nSPS) is 13.3. The van der Waals surface area contributed by atoms with Crippen LogP contribution in [0.2, 0.25) is 0 Å². The molecule has 0 atom stereocenters. The summed E-state index contributed by atoms with van der Waals surface area (Å²) in [7, 11) is 3.38. The van der Waals surface area contributed by atoms with Crippen LogP contribution < -0.4 is 0 Å². The van der Waals surface area contributed by atoms with Gasteiger partial charge in [0.05, 0.1) is 32.5 Å². The highest BCUT2D eigenvalue weighted by Gasteiger charge is 1.94. The van der Waals surface area contributed by atoms with Crippen molar-refractivity contribution in [2.45, 2.75) is 6.92 Å². The molecule has 0 aliphatic carbocycles. The van der Waals surface area contributed by atoms with Gasteiger partial charge in [0.15, 0.2) is 0 Å². The lowest BCUT2D eigenvalue weighted by Crippen LogP contribution is -2.16. The predicted octanol–water partition coefficient (Wildman–Crippen LogP) is 0.267. The highest BCUT2D eigenvalue weighted by atomic mass is 16.6. The van der Waals surface area contributed by atoms with Crippen LogP contribution in [0.25, 0.3) is 0 Å². The minimum absolute atomic E-state index is 0.750. The molecule has 82 valence electrons. The lowest BCUT2D eigenvalue weighted by atomic mass is 10.6. The largest absolute Gasteiger partial charge is 0.377 e. The minimum atomic E-state index is 0.750. The Hall–Kier alpha value is -1.12. The molecule has 1 aliphatic heterocycles. The molecule has 1 saturated heterocycles. The van der Waals surface area contributed by atoms with E-state index in [9.17, 15) is 4.79 Å². The average Bonchev–Trinajstić information content (AvgIpc) is 2.22. The average molecular weight is 202 g/mol. The van der Waals surface area contributed by atoms with Crippen LogP contribution in [0.15, 0.2) is 0 Å². The quantitative estimate of drug-likeness (QED) is 0.572. The van der Waals surface area contributed by atoms with Gasteiger partial charge in [-0.05, 0) is 0 Å². The Labute approximate surface area is 85.2 Å². The lowest BCUT2D eigenvalue weighted by molar-refractivity contribution is -0.115. The first-order valence-electron chi connectivity index (χ1n) is 4.27. The first-order valence-corrected chi connectivity index (χ1v) is 4.27. The molecular weight excluding hydrogens is 184 g/mol. The molecule has 0 aromatic rings. The summed E-state index contributed by atoms with van der Waals surface area (Å²) in [5.74, 6) is 0. The summed E-state index contributed by atoms with van der Waals surface area (Å²) in [6, 6.07) is 1.75. The highest BCUT2D eigenvalue weighted by molar-refractivity contribution is 5.45. The fourth-order valence-electron chi connectivity index (χ4n) is 0.440. The zero-order valence-corrected chi connectivity index (χ0v) is 9.02. The van der Waals surface area contributed by atoms with Crippen LogP contribution in [0.3, 0.4) is 0 Å². The molecule has 1 fully saturated rings. The zero-order valence-electron chi connectivity index (χ0n) is 9.02. The number of amides is 1. The van der Waals surface area contributed by atoms with E-state index in [0.29, 0.717) is 0 Å². The van der Waals surface area contributed by atoms with Gasteiger partial charge in [-0.25, -0.2) is 0 Å². The van der Waals surface area contributed by atoms with E-state index in [2.05, 4.69) is 0 Å². The van der Waals surface area contributed by atoms with Crippen molar-refractivity contribution >= 4 is 6.41 Å². The molecule has 1 aliphatic rings. The number of nitriles is 1. The zero-order chi connectivity index (χ0) is 11.2. The van der Waals surface area contributed by atoms with Crippen molar-refractivity contribution in [3.8, 4) is 6.07 Å². The molecule has 5 nitrogen and oxygen atoms in total. The van der Waals surface area contributed by atoms with Crippen LogP contribution in [-0.2, 0) is 14.3 Å². The second-order valence-corrected chi connectivity index (χ2v) is 2.52. The molecule has 0 aromatic heterocycles. The minimum Gasteiger partial charge on any atom is -0.377 e. The second-order valence-electron chi connectivity index (χ2n) is 2.52. The van der Waals surface area contributed by atoms with Crippen molar-refractivity contribution in [1.82, 2.24) is 4.90 Å². The molecule has 5 heteroatoms. The van der Waals surface area contributed by atoms with Crippen molar-refractivity contribution in [2.75, 3.05) is 40.5 Å². The van der Waals surface area contributed by atoms with Gasteiger partial charge in [-0.3, -0.25) is 4.79 Å². The monoisotopic (exact) mass is 202 g/mol. The maximum absolute atomic E-state index is 9.43. The van der Waals surface area contributed by atoms with Gasteiger partial charge in [-0.1, -0.05) is 0 Å². The van der Waals surface area contributed by atoms with Gasteiger partial charge in [0.25, 0.3) is 0 Å². The maximum atomic E-state index is 9.43. The van der Waals surface area contributed by atoms with Crippen LogP contribution in [0.5, 0.6) is 0 Å². The molecule has 1 heterocycles. The predicted molar refractivity (Wildman–Crippen MR) is 52.7 cm³/mol. The van der Waals surface area contributed by atoms with Crippen molar-refractivity contribution in [2.24, 2.45) is 0 Å². The third-order valence-corrected chi connectivity index (χ3v) is 0.955. The lowest BCUT2D eigenvalue weighted by Gasteiger charge is -2.09. The van der Waals surface area contributed by atoms with E-state index in [0.717, 1.165) is 32.8 Å². The molecule has 1 amide bonds. The number of hydrogen-bond acceptors (Lipinski definition) is 4. The topological polar surface area (TPSA) is 62.6 Å². The SMILES string of the molecule is C1COCCO1.CC#N.CN(C)C=O. The Morgan fingerprint density at radius 3 is 1.50 bits per heavy atom. The van der Waals surface area contributed by atoms with E-state index in [1.807, 2.05) is 0 Å². The molecule has 0 radical (unpaired) electrons. The van der Waals surface area contributed by atoms with Gasteiger partial charge < -0.3 is 14.4 Å². The highest BCUT2D eigenvalue weighted by Crippen LogP contribution is 1.85. The number of carbonyl (C=O) groups excluding carboxylic acids is 1. The maximum Gasteiger partial charge on any atom is 0.209 e. The number of carbonyl (C=O) groups is 1. The molecule has 0 N–H and O–H groups in total. The molecule has 0 bridgehead atoms. The van der Waals surface area contributed by atoms with Crippen LogP contribution >= 0.6 is 0 Å². The first kappa shape index (κ1) is 15.4. The van der Waals surface area contributed by atoms with E-state index in [1.165, 1.54) is 11.8 Å². The van der Waals surface area contributed by atoms with Crippen molar-refractivity contribution in [1.29, 1.82) is 5.26 Å². The molecule has 0 aromatic carbocycles. The summed E-state index contributed by atoms with van der Waals surface area (Å²) < 4.78 is 9.89. The molecule has 14 heavy (non-hydrogen) atoms. The Morgan fingerprint density at radius 2 is 1.43 bits per heavy atom. The Bertz CT molecular complexity index is 139. The Balaban J connectivity index is 0. The first-order chi connectivity index (χ1) is 6.68. The number of rotatable bonds is 1. The summed E-state index contributed by atoms with van der Waals surface area (Å²) in [5.41, 5.74) is 0. The summed E-state index contributed by atoms with van der Waals surface area (Å²) in [5, 5.41) is 7.32. The van der Waals surface area contributed by atoms with Crippen LogP contribution in [0.4, 0.5) is 0 Å². The fourth-order valence-corrected chi connectivity index (χ4v) is 0.440. The van der Waals surface area contributed by atoms with Crippen LogP contribution in [0.1, 0.15) is 6.92 Å². The van der Waals surface area contributed by atoms with E-state index >= 15 is 0 Å².